The monoisotopic (exact) mass is 1180 g/mol. The Kier molecular flexibility index (Phi) is 64.2. The molecule has 3 unspecified atom stereocenters. The smallest absolute Gasteiger partial charge is 0.462 e. The maximum absolute atomic E-state index is 13.0. The summed E-state index contributed by atoms with van der Waals surface area (Å²) in [5, 5.41) is 9.89. The average Bonchev–Trinajstić information content (AvgIpc) is 3.47. The van der Waals surface area contributed by atoms with E-state index in [1.54, 1.807) is 0 Å². The summed E-state index contributed by atoms with van der Waals surface area (Å²) < 4.78 is 39.9. The van der Waals surface area contributed by atoms with Gasteiger partial charge in [0.25, 0.3) is 0 Å². The Bertz CT molecular complexity index is 1380. The molecule has 82 heavy (non-hydrogen) atoms. The third-order valence-corrected chi connectivity index (χ3v) is 17.5. The maximum Gasteiger partial charge on any atom is 0.472 e. The molecular weight excluding hydrogens is 1050 g/mol. The van der Waals surface area contributed by atoms with Crippen LogP contribution in [0.5, 0.6) is 0 Å². The maximum atomic E-state index is 13.0. The van der Waals surface area contributed by atoms with Crippen molar-refractivity contribution in [3.05, 3.63) is 0 Å². The van der Waals surface area contributed by atoms with E-state index in [2.05, 4.69) is 20.8 Å². The van der Waals surface area contributed by atoms with Crippen LogP contribution in [0.15, 0.2) is 0 Å². The van der Waals surface area contributed by atoms with Crippen molar-refractivity contribution in [2.45, 2.75) is 405 Å². The van der Waals surface area contributed by atoms with Gasteiger partial charge in [-0.3, -0.25) is 23.4 Å². The third-order valence-electron chi connectivity index (χ3n) is 16.5. The number of rotatable bonds is 69. The average molecular weight is 1190 g/mol. The van der Waals surface area contributed by atoms with E-state index in [1.165, 1.54) is 276 Å². The molecule has 2 N–H and O–H groups in total. The van der Waals surface area contributed by atoms with Crippen molar-refractivity contribution in [2.24, 2.45) is 0 Å². The Morgan fingerprint density at radius 3 is 0.720 bits per heavy atom. The van der Waals surface area contributed by atoms with Gasteiger partial charge < -0.3 is 24.2 Å². The Morgan fingerprint density at radius 2 is 0.488 bits per heavy atom. The van der Waals surface area contributed by atoms with Gasteiger partial charge in [-0.05, 0) is 19.3 Å². The third kappa shape index (κ3) is 63.0. The molecule has 0 saturated carbocycles. The van der Waals surface area contributed by atoms with Crippen LogP contribution in [-0.4, -0.2) is 66.5 Å². The summed E-state index contributed by atoms with van der Waals surface area (Å²) >= 11 is 0. The van der Waals surface area contributed by atoms with Gasteiger partial charge in [-0.1, -0.05) is 355 Å². The second-order valence-electron chi connectivity index (χ2n) is 24.8. The quantitative estimate of drug-likeness (QED) is 0.0259. The minimum Gasteiger partial charge on any atom is -0.462 e. The standard InChI is InChI=1S/C70H137O11P/c1-4-7-10-13-16-19-22-25-28-31-33-36-39-42-45-48-51-54-57-60-69(73)80-66(62-71)64-78-82(75,76)79-65-67(63-77-68(72)59-56-53-50-47-44-41-38-35-30-27-24-21-18-15-12-9-6-3)81-70(74)61-58-55-52-49-46-43-40-37-34-32-29-26-23-20-17-14-11-8-5-2/h66-67,71H,4-65H2,1-3H3,(H,75,76). The van der Waals surface area contributed by atoms with Gasteiger partial charge in [0.1, 0.15) is 12.7 Å². The molecule has 0 aliphatic carbocycles. The van der Waals surface area contributed by atoms with Crippen LogP contribution in [0.4, 0.5) is 0 Å². The van der Waals surface area contributed by atoms with Crippen LogP contribution in [0.2, 0.25) is 0 Å². The molecule has 488 valence electrons. The summed E-state index contributed by atoms with van der Waals surface area (Å²) in [5.41, 5.74) is 0. The first-order valence-corrected chi connectivity index (χ1v) is 37.4. The lowest BCUT2D eigenvalue weighted by molar-refractivity contribution is -0.161. The number of unbranched alkanes of at least 4 members (excludes halogenated alkanes) is 52. The Morgan fingerprint density at radius 1 is 0.293 bits per heavy atom. The van der Waals surface area contributed by atoms with Crippen molar-refractivity contribution in [3.63, 3.8) is 0 Å². The van der Waals surface area contributed by atoms with Gasteiger partial charge in [0.15, 0.2) is 6.10 Å². The Balaban J connectivity index is 4.58. The summed E-state index contributed by atoms with van der Waals surface area (Å²) in [6.45, 7) is 4.79. The number of esters is 3. The number of aliphatic hydroxyl groups excluding tert-OH is 1. The number of hydrogen-bond acceptors (Lipinski definition) is 10. The molecule has 0 amide bonds. The lowest BCUT2D eigenvalue weighted by Gasteiger charge is -2.21. The number of hydrogen-bond donors (Lipinski definition) is 2. The van der Waals surface area contributed by atoms with Crippen molar-refractivity contribution < 1.29 is 52.2 Å². The summed E-state index contributed by atoms with van der Waals surface area (Å²) in [6, 6.07) is 0. The summed E-state index contributed by atoms with van der Waals surface area (Å²) in [7, 11) is -4.75. The number of phosphoric acid groups is 1. The van der Waals surface area contributed by atoms with Gasteiger partial charge >= 0.3 is 25.7 Å². The van der Waals surface area contributed by atoms with Crippen molar-refractivity contribution in [1.29, 1.82) is 0 Å². The molecule has 0 aromatic carbocycles. The van der Waals surface area contributed by atoms with Crippen LogP contribution in [0, 0.1) is 0 Å². The normalized spacial score (nSPS) is 13.1. The van der Waals surface area contributed by atoms with E-state index in [1.807, 2.05) is 0 Å². The van der Waals surface area contributed by atoms with E-state index in [9.17, 15) is 28.9 Å². The fourth-order valence-electron chi connectivity index (χ4n) is 11.1. The highest BCUT2D eigenvalue weighted by molar-refractivity contribution is 7.47. The molecule has 0 aromatic rings. The fraction of sp³-hybridized carbons (Fsp3) is 0.957. The van der Waals surface area contributed by atoms with Crippen LogP contribution in [0.25, 0.3) is 0 Å². The Labute approximate surface area is 507 Å². The van der Waals surface area contributed by atoms with Crippen LogP contribution in [0.3, 0.4) is 0 Å². The van der Waals surface area contributed by atoms with Crippen molar-refractivity contribution in [2.75, 3.05) is 26.4 Å². The zero-order valence-electron chi connectivity index (χ0n) is 54.5. The number of carbonyl (C=O) groups is 3. The van der Waals surface area contributed by atoms with Gasteiger partial charge in [-0.15, -0.1) is 0 Å². The zero-order valence-corrected chi connectivity index (χ0v) is 55.4. The van der Waals surface area contributed by atoms with Crippen LogP contribution in [-0.2, 0) is 42.2 Å². The van der Waals surface area contributed by atoms with Crippen LogP contribution >= 0.6 is 7.82 Å². The van der Waals surface area contributed by atoms with E-state index in [0.29, 0.717) is 19.3 Å². The predicted octanol–water partition coefficient (Wildman–Crippen LogP) is 22.2. The zero-order chi connectivity index (χ0) is 59.8. The van der Waals surface area contributed by atoms with E-state index >= 15 is 0 Å². The van der Waals surface area contributed by atoms with Crippen molar-refractivity contribution in [1.82, 2.24) is 0 Å². The molecule has 0 radical (unpaired) electrons. The second-order valence-corrected chi connectivity index (χ2v) is 26.2. The van der Waals surface area contributed by atoms with Gasteiger partial charge in [-0.2, -0.15) is 0 Å². The summed E-state index contributed by atoms with van der Waals surface area (Å²) in [5.74, 6) is -1.41. The molecule has 3 atom stereocenters. The van der Waals surface area contributed by atoms with E-state index in [-0.39, 0.29) is 25.9 Å². The first kappa shape index (κ1) is 80.5. The fourth-order valence-corrected chi connectivity index (χ4v) is 11.9. The predicted molar refractivity (Wildman–Crippen MR) is 344 cm³/mol. The molecule has 0 saturated heterocycles. The molecule has 0 aromatic heterocycles. The summed E-state index contributed by atoms with van der Waals surface area (Å²) in [4.78, 5) is 48.9. The topological polar surface area (TPSA) is 155 Å². The lowest BCUT2D eigenvalue weighted by Crippen LogP contribution is -2.30. The van der Waals surface area contributed by atoms with Gasteiger partial charge in [0.05, 0.1) is 19.8 Å². The molecule has 11 nitrogen and oxygen atoms in total. The van der Waals surface area contributed by atoms with Gasteiger partial charge in [-0.25, -0.2) is 4.57 Å². The van der Waals surface area contributed by atoms with Gasteiger partial charge in [0, 0.05) is 19.3 Å². The first-order chi connectivity index (χ1) is 40.2. The van der Waals surface area contributed by atoms with Crippen molar-refractivity contribution >= 4 is 25.7 Å². The Hall–Kier alpha value is -1.52. The first-order valence-electron chi connectivity index (χ1n) is 35.9. The SMILES string of the molecule is CCCCCCCCCCCCCCCCCCCCCC(=O)OC(CO)COP(=O)(O)OCC(COC(=O)CCCCCCCCCCCCCCCCCCC)OC(=O)CCCCCCCCCCCCCCCCCCCCC. The number of ether oxygens (including phenoxy) is 3. The molecular formula is C70H137O11P. The molecule has 0 fully saturated rings. The second kappa shape index (κ2) is 65.5. The van der Waals surface area contributed by atoms with E-state index in [4.69, 9.17) is 23.3 Å². The number of aliphatic hydroxyl groups is 1. The minimum atomic E-state index is -4.75. The molecule has 0 rings (SSSR count). The largest absolute Gasteiger partial charge is 0.472 e. The van der Waals surface area contributed by atoms with Gasteiger partial charge in [0.2, 0.25) is 0 Å². The highest BCUT2D eigenvalue weighted by Crippen LogP contribution is 2.43. The molecule has 0 aliphatic heterocycles. The van der Waals surface area contributed by atoms with Crippen LogP contribution in [0.1, 0.15) is 393 Å². The van der Waals surface area contributed by atoms with E-state index in [0.717, 1.165) is 57.8 Å². The highest BCUT2D eigenvalue weighted by Gasteiger charge is 2.28. The summed E-state index contributed by atoms with van der Waals surface area (Å²) in [6.07, 6.45) is 67.7. The van der Waals surface area contributed by atoms with E-state index < -0.39 is 57.8 Å². The highest BCUT2D eigenvalue weighted by atomic mass is 31.2. The van der Waals surface area contributed by atoms with Crippen LogP contribution < -0.4 is 0 Å². The number of carbonyl (C=O) groups excluding carboxylic acids is 3. The van der Waals surface area contributed by atoms with Crippen molar-refractivity contribution in [3.8, 4) is 0 Å². The molecule has 0 bridgehead atoms. The number of phosphoric ester groups is 1. The molecule has 0 heterocycles. The molecule has 0 spiro atoms. The molecule has 12 heteroatoms. The lowest BCUT2D eigenvalue weighted by atomic mass is 10.0. The molecule has 0 aliphatic rings. The minimum absolute atomic E-state index is 0.179.